The van der Waals surface area contributed by atoms with E-state index >= 15 is 0 Å². The van der Waals surface area contributed by atoms with Crippen molar-refractivity contribution in [3.05, 3.63) is 101 Å². The van der Waals surface area contributed by atoms with Crippen LogP contribution in [0.4, 0.5) is 17.1 Å². The van der Waals surface area contributed by atoms with E-state index in [2.05, 4.69) is 63.5 Å². The Morgan fingerprint density at radius 1 is 0.643 bits per heavy atom. The zero-order valence-electron chi connectivity index (χ0n) is 15.3. The molecule has 0 amide bonds. The first kappa shape index (κ1) is 14.6. The summed E-state index contributed by atoms with van der Waals surface area (Å²) in [6.45, 7) is 0. The van der Waals surface area contributed by atoms with E-state index in [4.69, 9.17) is 0 Å². The van der Waals surface area contributed by atoms with Crippen LogP contribution in [-0.2, 0) is 19.3 Å². The molecule has 0 spiro atoms. The van der Waals surface area contributed by atoms with Crippen LogP contribution in [0, 0.1) is 0 Å². The van der Waals surface area contributed by atoms with Gasteiger partial charge in [-0.25, -0.2) is 0 Å². The highest BCUT2D eigenvalue weighted by Gasteiger charge is 2.34. The monoisotopic (exact) mass is 359 g/mol. The first-order chi connectivity index (χ1) is 13.9. The molecule has 0 bridgehead atoms. The minimum Gasteiger partial charge on any atom is -0.309 e. The highest BCUT2D eigenvalue weighted by molar-refractivity contribution is 5.94. The molecule has 2 aromatic carbocycles. The fourth-order valence-corrected chi connectivity index (χ4v) is 5.31. The molecule has 0 saturated carbocycles. The van der Waals surface area contributed by atoms with E-state index in [1.54, 1.807) is 0 Å². The molecule has 0 saturated heterocycles. The predicted molar refractivity (Wildman–Crippen MR) is 111 cm³/mol. The molecule has 132 valence electrons. The second-order valence-electron chi connectivity index (χ2n) is 7.93. The first-order valence-electron chi connectivity index (χ1n) is 9.80. The van der Waals surface area contributed by atoms with Crippen molar-refractivity contribution >= 4 is 17.1 Å². The summed E-state index contributed by atoms with van der Waals surface area (Å²) >= 11 is 0. The Labute approximate surface area is 163 Å². The van der Waals surface area contributed by atoms with Gasteiger partial charge in [0.25, 0.3) is 0 Å². The number of aromatic nitrogens is 2. The molecule has 0 unspecified atom stereocenters. The van der Waals surface area contributed by atoms with Crippen LogP contribution in [0.5, 0.6) is 0 Å². The maximum absolute atomic E-state index is 4.57. The van der Waals surface area contributed by atoms with Gasteiger partial charge in [-0.3, -0.25) is 9.97 Å². The van der Waals surface area contributed by atoms with Gasteiger partial charge in [0.2, 0.25) is 0 Å². The maximum atomic E-state index is 4.57. The van der Waals surface area contributed by atoms with E-state index in [0.29, 0.717) is 0 Å². The van der Waals surface area contributed by atoms with Gasteiger partial charge in [0.05, 0.1) is 17.1 Å². The molecule has 2 aliphatic heterocycles. The highest BCUT2D eigenvalue weighted by atomic mass is 15.2. The number of pyridine rings is 2. The zero-order valence-corrected chi connectivity index (χ0v) is 15.3. The summed E-state index contributed by atoms with van der Waals surface area (Å²) in [6.07, 6.45) is 10.9. The van der Waals surface area contributed by atoms with E-state index in [1.807, 2.05) is 18.6 Å². The molecule has 4 heterocycles. The average molecular weight is 359 g/mol. The van der Waals surface area contributed by atoms with Gasteiger partial charge in [0.15, 0.2) is 0 Å². The molecular formula is C25H17N3. The number of fused-ring (bicyclic) bond motifs is 8. The molecule has 7 rings (SSSR count). The smallest absolute Gasteiger partial charge is 0.0563 e. The topological polar surface area (TPSA) is 29.0 Å². The average Bonchev–Trinajstić information content (AvgIpc) is 3.12. The molecular weight excluding hydrogens is 342 g/mol. The van der Waals surface area contributed by atoms with Crippen LogP contribution < -0.4 is 4.90 Å². The van der Waals surface area contributed by atoms with Crippen molar-refractivity contribution in [2.24, 2.45) is 0 Å². The van der Waals surface area contributed by atoms with Gasteiger partial charge in [-0.1, -0.05) is 30.3 Å². The molecule has 3 heteroatoms. The lowest BCUT2D eigenvalue weighted by molar-refractivity contribution is 0.977. The molecule has 1 aliphatic carbocycles. The van der Waals surface area contributed by atoms with Gasteiger partial charge in [-0.15, -0.1) is 0 Å². The van der Waals surface area contributed by atoms with Crippen LogP contribution in [0.15, 0.2) is 67.3 Å². The van der Waals surface area contributed by atoms with Crippen molar-refractivity contribution < 1.29 is 0 Å². The van der Waals surface area contributed by atoms with Crippen LogP contribution in [0.25, 0.3) is 11.1 Å². The lowest BCUT2D eigenvalue weighted by Gasteiger charge is -2.39. The van der Waals surface area contributed by atoms with Gasteiger partial charge in [-0.2, -0.15) is 0 Å². The molecule has 28 heavy (non-hydrogen) atoms. The Kier molecular flexibility index (Phi) is 2.64. The molecule has 0 atom stereocenters. The second kappa shape index (κ2) is 5.08. The number of rotatable bonds is 0. The Morgan fingerprint density at radius 3 is 2.43 bits per heavy atom. The largest absolute Gasteiger partial charge is 0.309 e. The van der Waals surface area contributed by atoms with Gasteiger partial charge >= 0.3 is 0 Å². The Bertz CT molecular complexity index is 1310. The van der Waals surface area contributed by atoms with Crippen LogP contribution >= 0.6 is 0 Å². The van der Waals surface area contributed by atoms with Gasteiger partial charge in [0, 0.05) is 37.6 Å². The normalized spacial score (nSPS) is 14.6. The number of hydrogen-bond acceptors (Lipinski definition) is 3. The summed E-state index contributed by atoms with van der Waals surface area (Å²) < 4.78 is 0. The Morgan fingerprint density at radius 2 is 1.46 bits per heavy atom. The standard InChI is InChI=1S/C25H17N3/c1-2-4-20-15(3-1)9-16-5-6-23-21(24(16)20)11-19-14-27-13-18-10-17-12-26-8-7-22(17)28(23)25(18)19/h1-8,12-14H,9-11H2. The Balaban J connectivity index is 1.56. The summed E-state index contributed by atoms with van der Waals surface area (Å²) in [5.41, 5.74) is 14.9. The zero-order chi connectivity index (χ0) is 18.2. The second-order valence-corrected chi connectivity index (χ2v) is 7.93. The molecule has 0 fully saturated rings. The minimum atomic E-state index is 0.902. The van der Waals surface area contributed by atoms with E-state index < -0.39 is 0 Å². The van der Waals surface area contributed by atoms with Crippen molar-refractivity contribution in [3.63, 3.8) is 0 Å². The van der Waals surface area contributed by atoms with Crippen LogP contribution in [0.3, 0.4) is 0 Å². The third-order valence-corrected chi connectivity index (χ3v) is 6.44. The van der Waals surface area contributed by atoms with Crippen molar-refractivity contribution in [1.82, 2.24) is 9.97 Å². The van der Waals surface area contributed by atoms with E-state index in [-0.39, 0.29) is 0 Å². The lowest BCUT2D eigenvalue weighted by atomic mass is 9.85. The van der Waals surface area contributed by atoms with Gasteiger partial charge in [0.1, 0.15) is 0 Å². The predicted octanol–water partition coefficient (Wildman–Crippen LogP) is 5.33. The van der Waals surface area contributed by atoms with E-state index in [1.165, 1.54) is 61.6 Å². The van der Waals surface area contributed by atoms with Gasteiger partial charge < -0.3 is 4.90 Å². The Hall–Kier alpha value is -3.46. The van der Waals surface area contributed by atoms with Crippen LogP contribution in [0.2, 0.25) is 0 Å². The fourth-order valence-electron chi connectivity index (χ4n) is 5.31. The molecule has 4 aromatic rings. The number of benzene rings is 2. The summed E-state index contributed by atoms with van der Waals surface area (Å²) in [5.74, 6) is 0. The quantitative estimate of drug-likeness (QED) is 0.367. The van der Waals surface area contributed by atoms with Crippen molar-refractivity contribution in [2.45, 2.75) is 19.3 Å². The number of anilines is 3. The minimum absolute atomic E-state index is 0.902. The molecule has 0 radical (unpaired) electrons. The molecule has 0 N–H and O–H groups in total. The van der Waals surface area contributed by atoms with E-state index in [9.17, 15) is 0 Å². The van der Waals surface area contributed by atoms with Crippen molar-refractivity contribution in [3.8, 4) is 11.1 Å². The highest BCUT2D eigenvalue weighted by Crippen LogP contribution is 2.53. The van der Waals surface area contributed by atoms with Crippen molar-refractivity contribution in [1.29, 1.82) is 0 Å². The van der Waals surface area contributed by atoms with Gasteiger partial charge in [-0.05, 0) is 63.1 Å². The lowest BCUT2D eigenvalue weighted by Crippen LogP contribution is -2.25. The third-order valence-electron chi connectivity index (χ3n) is 6.44. The third kappa shape index (κ3) is 1.74. The molecule has 2 aromatic heterocycles. The first-order valence-corrected chi connectivity index (χ1v) is 9.80. The SMILES string of the molecule is c1ccc2c(c1)Cc1ccc3c(c1-2)Cc1cncc2c1N3c1ccncc1C2. The summed E-state index contributed by atoms with van der Waals surface area (Å²) in [5, 5.41) is 0. The van der Waals surface area contributed by atoms with Crippen LogP contribution in [0.1, 0.15) is 33.4 Å². The maximum Gasteiger partial charge on any atom is 0.0563 e. The fraction of sp³-hybridized carbons (Fsp3) is 0.120. The number of hydrogen-bond donors (Lipinski definition) is 0. The van der Waals surface area contributed by atoms with E-state index in [0.717, 1.165) is 19.3 Å². The van der Waals surface area contributed by atoms with Crippen molar-refractivity contribution in [2.75, 3.05) is 4.90 Å². The molecule has 3 nitrogen and oxygen atoms in total. The summed E-state index contributed by atoms with van der Waals surface area (Å²) in [4.78, 5) is 11.4. The summed E-state index contributed by atoms with van der Waals surface area (Å²) in [7, 11) is 0. The molecule has 3 aliphatic rings. The summed E-state index contributed by atoms with van der Waals surface area (Å²) in [6, 6.07) is 15.7. The number of nitrogens with zero attached hydrogens (tertiary/aromatic N) is 3. The van der Waals surface area contributed by atoms with Crippen LogP contribution in [-0.4, -0.2) is 9.97 Å².